The van der Waals surface area contributed by atoms with Crippen LogP contribution in [0.1, 0.15) is 18.5 Å². The van der Waals surface area contributed by atoms with Crippen molar-refractivity contribution in [2.75, 3.05) is 31.2 Å². The number of aromatic nitrogens is 3. The molecule has 4 aromatic rings. The molecule has 164 valence electrons. The Kier molecular flexibility index (Phi) is 5.92. The van der Waals surface area contributed by atoms with Gasteiger partial charge >= 0.3 is 0 Å². The average Bonchev–Trinajstić information content (AvgIpc) is 3.15. The fourth-order valence-corrected chi connectivity index (χ4v) is 5.09. The van der Waals surface area contributed by atoms with Crippen LogP contribution in [0.25, 0.3) is 22.2 Å². The number of rotatable bonds is 4. The molecule has 0 amide bonds. The Morgan fingerprint density at radius 1 is 1.12 bits per heavy atom. The van der Waals surface area contributed by atoms with Crippen LogP contribution in [0, 0.1) is 0 Å². The maximum absolute atomic E-state index is 13.1. The molecular formula is C24H22Br2N4O2. The zero-order valence-corrected chi connectivity index (χ0v) is 20.7. The van der Waals surface area contributed by atoms with Gasteiger partial charge in [-0.15, -0.1) is 0 Å². The van der Waals surface area contributed by atoms with Gasteiger partial charge in [-0.2, -0.15) is 0 Å². The highest BCUT2D eigenvalue weighted by molar-refractivity contribution is 9.10. The van der Waals surface area contributed by atoms with E-state index in [-0.39, 0.29) is 11.6 Å². The summed E-state index contributed by atoms with van der Waals surface area (Å²) in [6.45, 7) is 5.17. The topological polar surface area (TPSA) is 52.3 Å². The highest BCUT2D eigenvalue weighted by atomic mass is 79.9. The molecule has 0 spiro atoms. The maximum atomic E-state index is 13.1. The molecule has 1 fully saturated rings. The molecule has 5 rings (SSSR count). The number of anilines is 1. The van der Waals surface area contributed by atoms with Gasteiger partial charge in [0.1, 0.15) is 0 Å². The van der Waals surface area contributed by atoms with Crippen LogP contribution in [0.2, 0.25) is 0 Å². The van der Waals surface area contributed by atoms with E-state index in [0.717, 1.165) is 64.2 Å². The van der Waals surface area contributed by atoms with Crippen molar-refractivity contribution in [2.24, 2.45) is 0 Å². The largest absolute Gasteiger partial charge is 0.378 e. The second-order valence-corrected chi connectivity index (χ2v) is 9.59. The highest BCUT2D eigenvalue weighted by Crippen LogP contribution is 2.33. The highest BCUT2D eigenvalue weighted by Gasteiger charge is 2.17. The molecule has 6 nitrogen and oxygen atoms in total. The smallest absolute Gasteiger partial charge is 0.251 e. The Balaban J connectivity index is 1.53. The first kappa shape index (κ1) is 21.4. The molecule has 3 aromatic heterocycles. The van der Waals surface area contributed by atoms with Crippen LogP contribution in [-0.4, -0.2) is 39.4 Å². The maximum Gasteiger partial charge on any atom is 0.251 e. The van der Waals surface area contributed by atoms with Crippen molar-refractivity contribution < 1.29 is 4.74 Å². The van der Waals surface area contributed by atoms with E-state index >= 15 is 0 Å². The number of benzene rings is 1. The van der Waals surface area contributed by atoms with Gasteiger partial charge in [-0.25, -0.2) is 4.98 Å². The van der Waals surface area contributed by atoms with Gasteiger partial charge in [0.25, 0.3) is 5.56 Å². The van der Waals surface area contributed by atoms with Crippen LogP contribution in [0.3, 0.4) is 0 Å². The number of morpholine rings is 1. The van der Waals surface area contributed by atoms with Crippen molar-refractivity contribution in [3.63, 3.8) is 0 Å². The Bertz CT molecular complexity index is 1340. The number of ether oxygens (including phenoxy) is 1. The van der Waals surface area contributed by atoms with Crippen LogP contribution in [0.5, 0.6) is 0 Å². The lowest BCUT2D eigenvalue weighted by Crippen LogP contribution is -2.36. The standard InChI is InChI=1S/C24H22Br2N4O2/c1-16(17-3-2-4-19(25)11-17)29-6-5-18(12-23(29)31)22-15-30(26)24-21(22)13-20(14-27-24)28-7-9-32-10-8-28/h2-6,11-16H,7-10H2,1H3. The molecule has 0 aliphatic carbocycles. The quantitative estimate of drug-likeness (QED) is 0.345. The number of hydrogen-bond donors (Lipinski definition) is 0. The molecule has 8 heteroatoms. The third-order valence-corrected chi connectivity index (χ3v) is 7.00. The van der Waals surface area contributed by atoms with Crippen molar-refractivity contribution in [3.8, 4) is 11.1 Å². The molecule has 1 aliphatic rings. The first-order valence-electron chi connectivity index (χ1n) is 10.5. The van der Waals surface area contributed by atoms with E-state index in [1.807, 2.05) is 59.4 Å². The van der Waals surface area contributed by atoms with E-state index in [0.29, 0.717) is 0 Å². The third-order valence-electron chi connectivity index (χ3n) is 5.97. The van der Waals surface area contributed by atoms with Crippen molar-refractivity contribution in [1.82, 2.24) is 13.1 Å². The van der Waals surface area contributed by atoms with E-state index in [1.54, 1.807) is 10.6 Å². The Morgan fingerprint density at radius 2 is 1.94 bits per heavy atom. The van der Waals surface area contributed by atoms with E-state index < -0.39 is 0 Å². The van der Waals surface area contributed by atoms with Crippen LogP contribution in [0.4, 0.5) is 5.69 Å². The molecule has 1 saturated heterocycles. The number of halogens is 2. The predicted molar refractivity (Wildman–Crippen MR) is 135 cm³/mol. The number of hydrogen-bond acceptors (Lipinski definition) is 4. The predicted octanol–water partition coefficient (Wildman–Crippen LogP) is 5.23. The lowest BCUT2D eigenvalue weighted by Gasteiger charge is -2.28. The summed E-state index contributed by atoms with van der Waals surface area (Å²) in [5.41, 5.74) is 4.77. The molecule has 0 N–H and O–H groups in total. The lowest BCUT2D eigenvalue weighted by atomic mass is 10.1. The van der Waals surface area contributed by atoms with Crippen molar-refractivity contribution in [1.29, 1.82) is 0 Å². The second kappa shape index (κ2) is 8.84. The van der Waals surface area contributed by atoms with Crippen molar-refractivity contribution in [2.45, 2.75) is 13.0 Å². The SMILES string of the molecule is CC(c1cccc(Br)c1)n1ccc(-c2cn(Br)c3ncc(N4CCOCC4)cc23)cc1=O. The zero-order chi connectivity index (χ0) is 22.2. The van der Waals surface area contributed by atoms with Crippen molar-refractivity contribution in [3.05, 3.63) is 81.4 Å². The molecule has 1 aliphatic heterocycles. The van der Waals surface area contributed by atoms with Gasteiger partial charge in [0.2, 0.25) is 0 Å². The van der Waals surface area contributed by atoms with Crippen LogP contribution >= 0.6 is 32.1 Å². The molecule has 1 unspecified atom stereocenters. The Hall–Kier alpha value is -2.42. The van der Waals surface area contributed by atoms with E-state index in [2.05, 4.69) is 48.0 Å². The van der Waals surface area contributed by atoms with Gasteiger partial charge in [-0.05, 0) is 42.3 Å². The average molecular weight is 558 g/mol. The Labute approximate surface area is 202 Å². The lowest BCUT2D eigenvalue weighted by molar-refractivity contribution is 0.122. The molecule has 1 atom stereocenters. The minimum atomic E-state index is -0.0684. The van der Waals surface area contributed by atoms with E-state index in [9.17, 15) is 4.79 Å². The van der Waals surface area contributed by atoms with Crippen LogP contribution < -0.4 is 10.5 Å². The van der Waals surface area contributed by atoms with Gasteiger partial charge in [0.15, 0.2) is 5.65 Å². The molecular weight excluding hydrogens is 536 g/mol. The second-order valence-electron chi connectivity index (χ2n) is 7.91. The fraction of sp³-hybridized carbons (Fsp3) is 0.250. The summed E-state index contributed by atoms with van der Waals surface area (Å²) in [5, 5.41) is 1.00. The minimum Gasteiger partial charge on any atom is -0.378 e. The van der Waals surface area contributed by atoms with Crippen LogP contribution in [0.15, 0.2) is 70.3 Å². The van der Waals surface area contributed by atoms with Crippen molar-refractivity contribution >= 4 is 48.8 Å². The fourth-order valence-electron chi connectivity index (χ4n) is 4.19. The number of nitrogens with zero attached hydrogens (tertiary/aromatic N) is 4. The summed E-state index contributed by atoms with van der Waals surface area (Å²) in [7, 11) is 0. The monoisotopic (exact) mass is 556 g/mol. The summed E-state index contributed by atoms with van der Waals surface area (Å²) >= 11 is 7.07. The first-order valence-corrected chi connectivity index (χ1v) is 12.0. The summed E-state index contributed by atoms with van der Waals surface area (Å²) in [4.78, 5) is 20.0. The summed E-state index contributed by atoms with van der Waals surface area (Å²) in [6.07, 6.45) is 5.74. The van der Waals surface area contributed by atoms with Gasteiger partial charge in [-0.3, -0.25) is 8.39 Å². The molecule has 0 saturated carbocycles. The number of fused-ring (bicyclic) bond motifs is 1. The third kappa shape index (κ3) is 4.02. The van der Waals surface area contributed by atoms with Gasteiger partial charge in [-0.1, -0.05) is 28.1 Å². The Morgan fingerprint density at radius 3 is 2.69 bits per heavy atom. The molecule has 1 aromatic carbocycles. The summed E-state index contributed by atoms with van der Waals surface area (Å²) < 4.78 is 10.1. The van der Waals surface area contributed by atoms with Gasteiger partial charge < -0.3 is 14.2 Å². The van der Waals surface area contributed by atoms with Gasteiger partial charge in [0.05, 0.1) is 47.3 Å². The van der Waals surface area contributed by atoms with Gasteiger partial charge in [0, 0.05) is 47.0 Å². The minimum absolute atomic E-state index is 0.0391. The molecule has 32 heavy (non-hydrogen) atoms. The van der Waals surface area contributed by atoms with E-state index in [1.165, 1.54) is 0 Å². The molecule has 4 heterocycles. The van der Waals surface area contributed by atoms with E-state index in [4.69, 9.17) is 4.74 Å². The first-order chi connectivity index (χ1) is 15.5. The molecule has 0 radical (unpaired) electrons. The number of pyridine rings is 2. The zero-order valence-electron chi connectivity index (χ0n) is 17.5. The summed E-state index contributed by atoms with van der Waals surface area (Å²) in [6, 6.07) is 13.8. The van der Waals surface area contributed by atoms with Crippen LogP contribution in [-0.2, 0) is 4.74 Å². The normalized spacial score (nSPS) is 15.3. The summed E-state index contributed by atoms with van der Waals surface area (Å²) in [5.74, 6) is 0. The molecule has 0 bridgehead atoms.